The number of rotatable bonds is 5. The number of carboxylic acid groups (broad SMARTS) is 1. The predicted molar refractivity (Wildman–Crippen MR) is 71.5 cm³/mol. The monoisotopic (exact) mass is 258 g/mol. The van der Waals surface area contributed by atoms with Gasteiger partial charge in [-0.05, 0) is 25.7 Å². The number of hydrogen-bond acceptors (Lipinski definition) is 2. The lowest BCUT2D eigenvalue weighted by molar-refractivity contribution is -0.144. The highest BCUT2D eigenvalue weighted by molar-refractivity contribution is 5.85. The molecular formula is C13H26N2O3. The second kappa shape index (κ2) is 6.07. The quantitative estimate of drug-likeness (QED) is 0.708. The van der Waals surface area contributed by atoms with Gasteiger partial charge in [0.15, 0.2) is 0 Å². The van der Waals surface area contributed by atoms with Crippen LogP contribution in [0.4, 0.5) is 4.79 Å². The largest absolute Gasteiger partial charge is 0.480 e. The fourth-order valence-corrected chi connectivity index (χ4v) is 1.42. The number of urea groups is 1. The second-order valence-corrected chi connectivity index (χ2v) is 6.07. The first-order valence-electron chi connectivity index (χ1n) is 6.35. The zero-order valence-corrected chi connectivity index (χ0v) is 12.3. The van der Waals surface area contributed by atoms with Gasteiger partial charge in [-0.3, -0.25) is 0 Å². The molecule has 0 saturated carbocycles. The van der Waals surface area contributed by atoms with Gasteiger partial charge in [0.1, 0.15) is 5.54 Å². The molecule has 0 aliphatic heterocycles. The Labute approximate surface area is 109 Å². The van der Waals surface area contributed by atoms with Crippen molar-refractivity contribution in [1.29, 1.82) is 0 Å². The Kier molecular flexibility index (Phi) is 5.64. The molecule has 0 rings (SSSR count). The van der Waals surface area contributed by atoms with Gasteiger partial charge >= 0.3 is 12.0 Å². The van der Waals surface area contributed by atoms with Crippen molar-refractivity contribution in [3.63, 3.8) is 0 Å². The van der Waals surface area contributed by atoms with Crippen molar-refractivity contribution in [3.05, 3.63) is 0 Å². The van der Waals surface area contributed by atoms with Crippen LogP contribution >= 0.6 is 0 Å². The summed E-state index contributed by atoms with van der Waals surface area (Å²) in [5, 5.41) is 14.5. The molecule has 18 heavy (non-hydrogen) atoms. The fraction of sp³-hybridized carbons (Fsp3) is 0.846. The first kappa shape index (κ1) is 16.7. The predicted octanol–water partition coefficient (Wildman–Crippen LogP) is 2.36. The van der Waals surface area contributed by atoms with Crippen LogP contribution in [0.5, 0.6) is 0 Å². The summed E-state index contributed by atoms with van der Waals surface area (Å²) in [5.74, 6) is -1.01. The van der Waals surface area contributed by atoms with Crippen LogP contribution in [0, 0.1) is 5.41 Å². The van der Waals surface area contributed by atoms with Crippen molar-refractivity contribution in [2.24, 2.45) is 5.41 Å². The van der Waals surface area contributed by atoms with Crippen LogP contribution in [0.2, 0.25) is 0 Å². The van der Waals surface area contributed by atoms with E-state index in [2.05, 4.69) is 10.6 Å². The van der Waals surface area contributed by atoms with Crippen LogP contribution in [0.3, 0.4) is 0 Å². The highest BCUT2D eigenvalue weighted by Crippen LogP contribution is 2.19. The maximum Gasteiger partial charge on any atom is 0.329 e. The smallest absolute Gasteiger partial charge is 0.329 e. The lowest BCUT2D eigenvalue weighted by atomic mass is 9.88. The molecule has 0 aromatic rings. The Morgan fingerprint density at radius 3 is 2.06 bits per heavy atom. The SMILES string of the molecule is CCCC(C)(NC(=O)NC(C)C(C)(C)C)C(=O)O. The Hall–Kier alpha value is -1.26. The number of aliphatic carboxylic acids is 1. The van der Waals surface area contributed by atoms with E-state index in [4.69, 9.17) is 5.11 Å². The van der Waals surface area contributed by atoms with Crippen LogP contribution in [0.15, 0.2) is 0 Å². The topological polar surface area (TPSA) is 78.4 Å². The van der Waals surface area contributed by atoms with Crippen molar-refractivity contribution >= 4 is 12.0 Å². The molecule has 0 spiro atoms. The molecule has 0 radical (unpaired) electrons. The Morgan fingerprint density at radius 1 is 1.22 bits per heavy atom. The summed E-state index contributed by atoms with van der Waals surface area (Å²) >= 11 is 0. The minimum absolute atomic E-state index is 0.0443. The standard InChI is InChI=1S/C13H26N2O3/c1-7-8-13(6,10(16)17)15-11(18)14-9(2)12(3,4)5/h9H,7-8H2,1-6H3,(H,16,17)(H2,14,15,18). The van der Waals surface area contributed by atoms with Crippen molar-refractivity contribution < 1.29 is 14.7 Å². The van der Waals surface area contributed by atoms with Crippen molar-refractivity contribution in [1.82, 2.24) is 10.6 Å². The number of carbonyl (C=O) groups is 2. The van der Waals surface area contributed by atoms with E-state index in [-0.39, 0.29) is 11.5 Å². The Morgan fingerprint density at radius 2 is 1.72 bits per heavy atom. The summed E-state index contributed by atoms with van der Waals surface area (Å²) in [6, 6.07) is -0.479. The molecule has 0 aromatic heterocycles. The minimum Gasteiger partial charge on any atom is -0.480 e. The molecule has 0 saturated heterocycles. The molecule has 5 heteroatoms. The van der Waals surface area contributed by atoms with Gasteiger partial charge in [0.2, 0.25) is 0 Å². The number of carboxylic acids is 1. The summed E-state index contributed by atoms with van der Waals surface area (Å²) in [6.45, 7) is 11.4. The lowest BCUT2D eigenvalue weighted by Gasteiger charge is -2.31. The van der Waals surface area contributed by atoms with Gasteiger partial charge in [0, 0.05) is 6.04 Å². The van der Waals surface area contributed by atoms with Crippen LogP contribution in [-0.2, 0) is 4.79 Å². The van der Waals surface area contributed by atoms with Gasteiger partial charge in [0.05, 0.1) is 0 Å². The van der Waals surface area contributed by atoms with Crippen molar-refractivity contribution in [2.75, 3.05) is 0 Å². The zero-order valence-electron chi connectivity index (χ0n) is 12.3. The van der Waals surface area contributed by atoms with Crippen LogP contribution < -0.4 is 10.6 Å². The van der Waals surface area contributed by atoms with E-state index in [0.29, 0.717) is 12.8 Å². The van der Waals surface area contributed by atoms with E-state index in [9.17, 15) is 9.59 Å². The average Bonchev–Trinajstić information content (AvgIpc) is 2.15. The van der Waals surface area contributed by atoms with E-state index in [1.807, 2.05) is 34.6 Å². The van der Waals surface area contributed by atoms with Gasteiger partial charge in [-0.25, -0.2) is 9.59 Å². The highest BCUT2D eigenvalue weighted by Gasteiger charge is 2.34. The molecule has 2 amide bonds. The average molecular weight is 258 g/mol. The fourth-order valence-electron chi connectivity index (χ4n) is 1.42. The first-order chi connectivity index (χ1) is 8.03. The third-order valence-corrected chi connectivity index (χ3v) is 3.26. The molecule has 5 nitrogen and oxygen atoms in total. The zero-order chi connectivity index (χ0) is 14.6. The van der Waals surface area contributed by atoms with Crippen LogP contribution in [0.25, 0.3) is 0 Å². The molecular weight excluding hydrogens is 232 g/mol. The van der Waals surface area contributed by atoms with E-state index in [1.54, 1.807) is 0 Å². The lowest BCUT2D eigenvalue weighted by Crippen LogP contribution is -2.57. The van der Waals surface area contributed by atoms with Gasteiger partial charge in [-0.2, -0.15) is 0 Å². The number of amides is 2. The number of carbonyl (C=O) groups excluding carboxylic acids is 1. The van der Waals surface area contributed by atoms with Gasteiger partial charge in [-0.15, -0.1) is 0 Å². The van der Waals surface area contributed by atoms with E-state index < -0.39 is 17.5 Å². The number of nitrogens with one attached hydrogen (secondary N) is 2. The molecule has 2 atom stereocenters. The maximum absolute atomic E-state index is 11.8. The molecule has 0 fully saturated rings. The van der Waals surface area contributed by atoms with Crippen LogP contribution in [0.1, 0.15) is 54.4 Å². The first-order valence-corrected chi connectivity index (χ1v) is 6.35. The van der Waals surface area contributed by atoms with Crippen LogP contribution in [-0.4, -0.2) is 28.7 Å². The Bertz CT molecular complexity index is 310. The highest BCUT2D eigenvalue weighted by atomic mass is 16.4. The van der Waals surface area contributed by atoms with Gasteiger partial charge in [-0.1, -0.05) is 34.1 Å². The normalized spacial score (nSPS) is 16.6. The van der Waals surface area contributed by atoms with E-state index in [1.165, 1.54) is 6.92 Å². The molecule has 0 heterocycles. The van der Waals surface area contributed by atoms with Crippen molar-refractivity contribution in [3.8, 4) is 0 Å². The molecule has 2 unspecified atom stereocenters. The minimum atomic E-state index is -1.21. The number of hydrogen-bond donors (Lipinski definition) is 3. The second-order valence-electron chi connectivity index (χ2n) is 6.07. The van der Waals surface area contributed by atoms with Gasteiger partial charge < -0.3 is 15.7 Å². The summed E-state index contributed by atoms with van der Waals surface area (Å²) in [5.41, 5.74) is -1.28. The van der Waals surface area contributed by atoms with E-state index >= 15 is 0 Å². The summed E-state index contributed by atoms with van der Waals surface area (Å²) in [6.07, 6.45) is 1.09. The Balaban J connectivity index is 4.59. The molecule has 3 N–H and O–H groups in total. The summed E-state index contributed by atoms with van der Waals surface area (Å²) in [4.78, 5) is 23.0. The molecule has 0 bridgehead atoms. The summed E-state index contributed by atoms with van der Waals surface area (Å²) < 4.78 is 0. The maximum atomic E-state index is 11.8. The summed E-state index contributed by atoms with van der Waals surface area (Å²) in [7, 11) is 0. The molecule has 106 valence electrons. The third kappa shape index (κ3) is 4.94. The molecule has 0 aromatic carbocycles. The third-order valence-electron chi connectivity index (χ3n) is 3.26. The van der Waals surface area contributed by atoms with E-state index in [0.717, 1.165) is 0 Å². The molecule has 0 aliphatic carbocycles. The van der Waals surface area contributed by atoms with Gasteiger partial charge in [0.25, 0.3) is 0 Å². The van der Waals surface area contributed by atoms with Crippen molar-refractivity contribution in [2.45, 2.75) is 66.0 Å². The molecule has 0 aliphatic rings.